The fraction of sp³-hybridized carbons (Fsp3) is 0.333. The highest BCUT2D eigenvalue weighted by Gasteiger charge is 2.52. The number of ether oxygens (including phenoxy) is 2. The number of carbonyl (C=O) groups excluding carboxylic acids is 2. The number of esters is 1. The Balaban J connectivity index is 0.754. The number of pyridine rings is 2. The molecule has 2 unspecified atom stereocenters. The first-order valence-corrected chi connectivity index (χ1v) is 27.7. The molecule has 392 valence electrons. The van der Waals surface area contributed by atoms with Gasteiger partial charge in [0.15, 0.2) is 11.4 Å². The predicted octanol–water partition coefficient (Wildman–Crippen LogP) is 10.0. The number of cyclic esters (lactones) is 1. The largest absolute Gasteiger partial charge is 0.508 e. The summed E-state index contributed by atoms with van der Waals surface area (Å²) in [7, 11) is -3.90. The number of fused-ring (bicyclic) bond motifs is 6. The zero-order valence-corrected chi connectivity index (χ0v) is 43.8. The number of aromatic hydroxyl groups is 2. The van der Waals surface area contributed by atoms with Gasteiger partial charge in [-0.2, -0.15) is 5.10 Å². The number of aromatic nitrogens is 6. The molecule has 0 spiro atoms. The van der Waals surface area contributed by atoms with E-state index in [1.807, 2.05) is 93.7 Å². The van der Waals surface area contributed by atoms with Gasteiger partial charge in [-0.05, 0) is 115 Å². The number of phenols is 2. The number of H-pyrrole nitrogens is 1. The van der Waals surface area contributed by atoms with Crippen molar-refractivity contribution < 1.29 is 42.9 Å². The third-order valence-electron chi connectivity index (χ3n) is 15.3. The predicted molar refractivity (Wildman–Crippen MR) is 285 cm³/mol. The lowest BCUT2D eigenvalue weighted by Crippen LogP contribution is -2.46. The second-order valence-electron chi connectivity index (χ2n) is 20.3. The number of nitrogens with zero attached hydrogens (tertiary/aromatic N) is 6. The molecule has 1 amide bonds. The van der Waals surface area contributed by atoms with Gasteiger partial charge >= 0.3 is 25.3 Å². The van der Waals surface area contributed by atoms with Crippen molar-refractivity contribution in [1.29, 1.82) is 0 Å². The van der Waals surface area contributed by atoms with Crippen LogP contribution in [-0.4, -0.2) is 75.8 Å². The molecule has 0 bridgehead atoms. The minimum absolute atomic E-state index is 0.00553. The lowest BCUT2D eigenvalue weighted by Gasteiger charge is -2.37. The van der Waals surface area contributed by atoms with E-state index in [0.29, 0.717) is 64.9 Å². The Kier molecular flexibility index (Phi) is 13.1. The lowest BCUT2D eigenvalue weighted by molar-refractivity contribution is -0.169. The van der Waals surface area contributed by atoms with Gasteiger partial charge in [0.1, 0.15) is 23.9 Å². The number of phenolic OH excluding ortho intramolecular Hbond substituents is 2. The van der Waals surface area contributed by atoms with Crippen LogP contribution in [0.3, 0.4) is 0 Å². The number of hydrogen-bond acceptors (Lipinski definition) is 13. The van der Waals surface area contributed by atoms with Gasteiger partial charge in [0, 0.05) is 66.0 Å². The number of nitrogens with one attached hydrogen (secondary N) is 1. The number of piperidine rings is 1. The Morgan fingerprint density at radius 3 is 2.49 bits per heavy atom. The Morgan fingerprint density at radius 2 is 1.74 bits per heavy atom. The molecule has 7 heterocycles. The molecule has 2 atom stereocenters. The summed E-state index contributed by atoms with van der Waals surface area (Å²) in [5.74, 6) is 0.0112. The molecule has 11 rings (SSSR count). The van der Waals surface area contributed by atoms with Gasteiger partial charge < -0.3 is 38.2 Å². The first-order chi connectivity index (χ1) is 36.6. The maximum atomic E-state index is 14.4. The number of benzene rings is 4. The van der Waals surface area contributed by atoms with E-state index in [4.69, 9.17) is 23.5 Å². The zero-order valence-electron chi connectivity index (χ0n) is 42.9. The maximum Gasteiger partial charge on any atom is 0.415 e. The minimum Gasteiger partial charge on any atom is -0.508 e. The number of hydrogen-bond donors (Lipinski definition) is 3. The SMILES string of the molecule is CCc1c2c(nc3ccc(OC(=O)N4CCC(CCn5ccc6cc(-n7c(-c8cc(C(C)C)c(O)cc8O)n[nH]c7=O)ccc65)CC4)cc13)-c1cc3c(c(=O)n1C2)COC(=O)C3(CC)OP(C)(=O)OCc1ccccc1. The second-order valence-corrected chi connectivity index (χ2v) is 22.2. The van der Waals surface area contributed by atoms with E-state index in [2.05, 4.69) is 14.8 Å². The monoisotopic (exact) mass is 1050 g/mol. The van der Waals surface area contributed by atoms with E-state index in [-0.39, 0.29) is 66.1 Å². The van der Waals surface area contributed by atoms with Crippen molar-refractivity contribution in [1.82, 2.24) is 33.8 Å². The highest BCUT2D eigenvalue weighted by Crippen LogP contribution is 2.55. The molecule has 4 aromatic carbocycles. The Bertz CT molecular complexity index is 3800. The highest BCUT2D eigenvalue weighted by atomic mass is 31.2. The first-order valence-electron chi connectivity index (χ1n) is 25.7. The molecule has 76 heavy (non-hydrogen) atoms. The number of rotatable bonds is 14. The van der Waals surface area contributed by atoms with Crippen LogP contribution in [0.15, 0.2) is 107 Å². The summed E-state index contributed by atoms with van der Waals surface area (Å²) < 4.78 is 42.7. The standard InChI is InChI=1S/C57H58N7O11P/c1-6-39-41-26-38(14-15-46(41)58-51-43(39)30-63-48(51)28-45-44(53(63)67)32-72-54(68)57(45,7-2)75-76(5,71)73-31-35-11-9-8-10-12-35)74-56(70)62-22-18-34(19-23-62)17-21-61-24-20-36-25-37(13-16-47(36)61)64-52(59-60-55(64)69)42-27-40(33(3)4)49(65)29-50(42)66/h8-16,20,24-29,33-34,65-66H,6-7,17-19,21-23,30-32H2,1-5H3,(H,60,69). The summed E-state index contributed by atoms with van der Waals surface area (Å²) in [4.78, 5) is 61.7. The summed E-state index contributed by atoms with van der Waals surface area (Å²) in [6.45, 7) is 10.7. The summed E-state index contributed by atoms with van der Waals surface area (Å²) in [6, 6.07) is 27.0. The number of aromatic amines is 1. The van der Waals surface area contributed by atoms with Crippen molar-refractivity contribution >= 4 is 41.5 Å². The molecule has 3 aliphatic rings. The Morgan fingerprint density at radius 1 is 0.947 bits per heavy atom. The maximum absolute atomic E-state index is 14.4. The van der Waals surface area contributed by atoms with Crippen molar-refractivity contribution in [2.45, 2.75) is 97.6 Å². The molecule has 3 aliphatic heterocycles. The van der Waals surface area contributed by atoms with Gasteiger partial charge in [0.2, 0.25) is 0 Å². The topological polar surface area (TPSA) is 222 Å². The average Bonchev–Trinajstić information content (AvgIpc) is 4.21. The first kappa shape index (κ1) is 50.4. The molecule has 0 aliphatic carbocycles. The summed E-state index contributed by atoms with van der Waals surface area (Å²) in [5, 5.41) is 29.7. The van der Waals surface area contributed by atoms with E-state index in [0.717, 1.165) is 58.8 Å². The third-order valence-corrected chi connectivity index (χ3v) is 16.5. The normalized spacial score (nSPS) is 17.2. The number of amides is 1. The number of aryl methyl sites for hydroxylation is 2. The van der Waals surface area contributed by atoms with Crippen molar-refractivity contribution in [3.8, 4) is 45.7 Å². The quantitative estimate of drug-likeness (QED) is 0.0682. The second kappa shape index (κ2) is 19.7. The van der Waals surface area contributed by atoms with Crippen LogP contribution in [0.1, 0.15) is 92.7 Å². The van der Waals surface area contributed by atoms with Gasteiger partial charge in [0.05, 0.1) is 46.9 Å². The van der Waals surface area contributed by atoms with E-state index in [1.54, 1.807) is 34.6 Å². The van der Waals surface area contributed by atoms with Crippen LogP contribution in [0.2, 0.25) is 0 Å². The van der Waals surface area contributed by atoms with E-state index < -0.39 is 30.9 Å². The highest BCUT2D eigenvalue weighted by molar-refractivity contribution is 7.53. The van der Waals surface area contributed by atoms with Crippen LogP contribution in [-0.2, 0) is 61.5 Å². The molecule has 3 N–H and O–H groups in total. The molecule has 18 nitrogen and oxygen atoms in total. The molecule has 4 aromatic heterocycles. The van der Waals surface area contributed by atoms with Crippen molar-refractivity contribution in [3.63, 3.8) is 0 Å². The molecule has 8 aromatic rings. The molecule has 1 saturated heterocycles. The summed E-state index contributed by atoms with van der Waals surface area (Å²) in [6.07, 6.45) is 4.77. The van der Waals surface area contributed by atoms with Crippen LogP contribution in [0.5, 0.6) is 17.2 Å². The van der Waals surface area contributed by atoms with Gasteiger partial charge in [0.25, 0.3) is 5.56 Å². The van der Waals surface area contributed by atoms with E-state index in [1.165, 1.54) is 17.3 Å². The van der Waals surface area contributed by atoms with Gasteiger partial charge in [-0.15, -0.1) is 0 Å². The molecule has 1 fully saturated rings. The molecule has 0 saturated carbocycles. The van der Waals surface area contributed by atoms with E-state index >= 15 is 0 Å². The third kappa shape index (κ3) is 8.97. The fourth-order valence-electron chi connectivity index (χ4n) is 11.2. The van der Waals surface area contributed by atoms with Crippen molar-refractivity contribution in [3.05, 3.63) is 151 Å². The Labute approximate surface area is 437 Å². The average molecular weight is 1050 g/mol. The molecule has 0 radical (unpaired) electrons. The number of carbonyl (C=O) groups is 2. The smallest absolute Gasteiger partial charge is 0.415 e. The van der Waals surface area contributed by atoms with Gasteiger partial charge in [-0.3, -0.25) is 13.9 Å². The molecule has 19 heteroatoms. The van der Waals surface area contributed by atoms with Crippen LogP contribution in [0, 0.1) is 5.92 Å². The zero-order chi connectivity index (χ0) is 53.2. The molecular formula is C57H58N7O11P. The minimum atomic E-state index is -3.90. The van der Waals surface area contributed by atoms with Crippen LogP contribution in [0.25, 0.3) is 50.3 Å². The van der Waals surface area contributed by atoms with Crippen LogP contribution < -0.4 is 16.0 Å². The van der Waals surface area contributed by atoms with Crippen molar-refractivity contribution in [2.75, 3.05) is 19.8 Å². The Hall–Kier alpha value is -7.79. The summed E-state index contributed by atoms with van der Waals surface area (Å²) >= 11 is 0. The van der Waals surface area contributed by atoms with E-state index in [9.17, 15) is 34.0 Å². The van der Waals surface area contributed by atoms with Crippen molar-refractivity contribution in [2.24, 2.45) is 5.92 Å². The van der Waals surface area contributed by atoms with Crippen LogP contribution in [0.4, 0.5) is 4.79 Å². The summed E-state index contributed by atoms with van der Waals surface area (Å²) in [5.41, 5.74) is 4.69. The lowest BCUT2D eigenvalue weighted by atomic mass is 9.86. The van der Waals surface area contributed by atoms with Gasteiger partial charge in [-0.25, -0.2) is 29.0 Å². The van der Waals surface area contributed by atoms with Crippen LogP contribution >= 0.6 is 7.60 Å². The van der Waals surface area contributed by atoms with Gasteiger partial charge in [-0.1, -0.05) is 58.0 Å². The fourth-order valence-corrected chi connectivity index (χ4v) is 12.5. The number of likely N-dealkylation sites (tertiary alicyclic amines) is 1. The molecular weight excluding hydrogens is 990 g/mol.